The molecule has 2 aliphatic rings. The number of aryl methyl sites for hydroxylation is 1. The van der Waals surface area contributed by atoms with Gasteiger partial charge in [0.25, 0.3) is 5.91 Å². The van der Waals surface area contributed by atoms with Crippen LogP contribution >= 0.6 is 11.6 Å². The molecular weight excluding hydrogens is 471 g/mol. The van der Waals surface area contributed by atoms with E-state index in [9.17, 15) is 9.59 Å². The van der Waals surface area contributed by atoms with Crippen molar-refractivity contribution in [1.29, 1.82) is 0 Å². The van der Waals surface area contributed by atoms with E-state index in [0.29, 0.717) is 59.0 Å². The molecule has 0 radical (unpaired) electrons. The van der Waals surface area contributed by atoms with Crippen LogP contribution in [-0.2, 0) is 19.2 Å². The zero-order chi connectivity index (χ0) is 25.5. The van der Waals surface area contributed by atoms with Gasteiger partial charge in [0.1, 0.15) is 17.1 Å². The molecule has 2 aliphatic heterocycles. The molecular formula is C27H30ClFN2O4. The van der Waals surface area contributed by atoms with E-state index in [4.69, 9.17) is 21.2 Å². The molecule has 2 heterocycles. The zero-order valence-corrected chi connectivity index (χ0v) is 21.4. The number of esters is 1. The molecule has 2 aromatic rings. The van der Waals surface area contributed by atoms with Crippen LogP contribution in [0.25, 0.3) is 16.7 Å². The number of benzene rings is 2. The van der Waals surface area contributed by atoms with E-state index in [1.54, 1.807) is 70.2 Å². The number of nitrogens with zero attached hydrogens (tertiary/aromatic N) is 1. The second-order valence-electron chi connectivity index (χ2n) is 10.1. The van der Waals surface area contributed by atoms with E-state index in [0.717, 1.165) is 0 Å². The molecule has 1 fully saturated rings. The van der Waals surface area contributed by atoms with E-state index in [-0.39, 0.29) is 11.5 Å². The quantitative estimate of drug-likeness (QED) is 0.578. The summed E-state index contributed by atoms with van der Waals surface area (Å²) in [5, 5.41) is 5.44. The third kappa shape index (κ3) is 4.85. The summed E-state index contributed by atoms with van der Waals surface area (Å²) in [6.45, 7) is 8.15. The fourth-order valence-corrected chi connectivity index (χ4v) is 4.64. The first-order valence-electron chi connectivity index (χ1n) is 11.6. The Hall–Kier alpha value is -2.74. The number of ether oxygens (including phenoxy) is 1. The van der Waals surface area contributed by atoms with Crippen molar-refractivity contribution in [2.75, 3.05) is 20.2 Å². The second kappa shape index (κ2) is 9.37. The smallest absolute Gasteiger partial charge is 0.316 e. The maximum absolute atomic E-state index is 15.0. The van der Waals surface area contributed by atoms with Gasteiger partial charge in [0, 0.05) is 23.7 Å². The first kappa shape index (κ1) is 25.4. The highest BCUT2D eigenvalue weighted by atomic mass is 35.5. The number of piperidine rings is 1. The summed E-state index contributed by atoms with van der Waals surface area (Å²) in [6, 6.07) is 9.88. The van der Waals surface area contributed by atoms with Crippen molar-refractivity contribution < 1.29 is 23.6 Å². The Morgan fingerprint density at radius 1 is 1.11 bits per heavy atom. The van der Waals surface area contributed by atoms with Crippen molar-refractivity contribution >= 4 is 29.1 Å². The number of carbonyl (C=O) groups is 2. The van der Waals surface area contributed by atoms with Crippen molar-refractivity contribution in [1.82, 2.24) is 10.4 Å². The number of hydrogen-bond donors (Lipinski definition) is 1. The van der Waals surface area contributed by atoms with Gasteiger partial charge >= 0.3 is 5.97 Å². The predicted molar refractivity (Wildman–Crippen MR) is 133 cm³/mol. The highest BCUT2D eigenvalue weighted by molar-refractivity contribution is 6.30. The molecule has 186 valence electrons. The van der Waals surface area contributed by atoms with Crippen LogP contribution in [0.5, 0.6) is 0 Å². The average molecular weight is 501 g/mol. The minimum atomic E-state index is -0.844. The fourth-order valence-electron chi connectivity index (χ4n) is 4.51. The van der Waals surface area contributed by atoms with Gasteiger partial charge in [-0.05, 0) is 81.5 Å². The highest BCUT2D eigenvalue weighted by Gasteiger charge is 2.50. The molecule has 1 saturated heterocycles. The van der Waals surface area contributed by atoms with Crippen LogP contribution in [-0.4, -0.2) is 42.7 Å². The Kier molecular flexibility index (Phi) is 6.79. The number of amides is 1. The third-order valence-electron chi connectivity index (χ3n) is 6.62. The van der Waals surface area contributed by atoms with Crippen LogP contribution in [0.4, 0.5) is 4.39 Å². The van der Waals surface area contributed by atoms with E-state index >= 15 is 4.39 Å². The molecule has 0 aliphatic carbocycles. The van der Waals surface area contributed by atoms with Crippen molar-refractivity contribution in [2.24, 2.45) is 5.41 Å². The standard InChI is InChI=1S/C27H30ClFN2O4/c1-16-14-21(29)20(17-6-8-18(28)9-7-17)15-19(16)22-23(35-25(33)26(2,3)4)27(30-24(22)32)10-12-31(34-5)13-11-27/h6-9,14-15H,10-13H2,1-5H3,(H,30,32). The molecule has 1 amide bonds. The van der Waals surface area contributed by atoms with Crippen LogP contribution in [0.1, 0.15) is 44.7 Å². The van der Waals surface area contributed by atoms with Gasteiger partial charge in [-0.25, -0.2) is 4.39 Å². The monoisotopic (exact) mass is 500 g/mol. The van der Waals surface area contributed by atoms with Gasteiger partial charge < -0.3 is 14.9 Å². The normalized spacial score (nSPS) is 18.2. The van der Waals surface area contributed by atoms with Crippen LogP contribution in [0.3, 0.4) is 0 Å². The summed E-state index contributed by atoms with van der Waals surface area (Å²) < 4.78 is 21.0. The summed E-state index contributed by atoms with van der Waals surface area (Å²) in [6.07, 6.45) is 1.01. The van der Waals surface area contributed by atoms with Gasteiger partial charge in [-0.3, -0.25) is 9.59 Å². The molecule has 1 spiro atoms. The fraction of sp³-hybridized carbons (Fsp3) is 0.407. The lowest BCUT2D eigenvalue weighted by atomic mass is 9.85. The molecule has 2 aromatic carbocycles. The van der Waals surface area contributed by atoms with Crippen LogP contribution in [0.2, 0.25) is 5.02 Å². The Balaban J connectivity index is 1.88. The van der Waals surface area contributed by atoms with E-state index < -0.39 is 22.7 Å². The van der Waals surface area contributed by atoms with E-state index in [1.165, 1.54) is 6.07 Å². The number of hydroxylamine groups is 2. The van der Waals surface area contributed by atoms with Crippen molar-refractivity contribution in [3.05, 3.63) is 64.1 Å². The van der Waals surface area contributed by atoms with Gasteiger partial charge in [0.15, 0.2) is 0 Å². The number of carbonyl (C=O) groups excluding carboxylic acids is 2. The van der Waals surface area contributed by atoms with Gasteiger partial charge in [0.05, 0.1) is 18.1 Å². The molecule has 1 N–H and O–H groups in total. The molecule has 0 saturated carbocycles. The van der Waals surface area contributed by atoms with E-state index in [2.05, 4.69) is 5.32 Å². The molecule has 0 atom stereocenters. The molecule has 0 bridgehead atoms. The zero-order valence-electron chi connectivity index (χ0n) is 20.6. The average Bonchev–Trinajstić information content (AvgIpc) is 3.05. The number of nitrogens with one attached hydrogen (secondary N) is 1. The lowest BCUT2D eigenvalue weighted by Crippen LogP contribution is -2.53. The van der Waals surface area contributed by atoms with Gasteiger partial charge in [-0.2, -0.15) is 5.06 Å². The molecule has 4 rings (SSSR count). The topological polar surface area (TPSA) is 67.9 Å². The predicted octanol–water partition coefficient (Wildman–Crippen LogP) is 5.28. The molecule has 8 heteroatoms. The summed E-state index contributed by atoms with van der Waals surface area (Å²) in [5.74, 6) is -0.893. The molecule has 35 heavy (non-hydrogen) atoms. The Labute approximate surface area is 210 Å². The van der Waals surface area contributed by atoms with Crippen molar-refractivity contribution in [3.63, 3.8) is 0 Å². The Morgan fingerprint density at radius 2 is 1.74 bits per heavy atom. The van der Waals surface area contributed by atoms with E-state index in [1.807, 2.05) is 0 Å². The summed E-state index contributed by atoms with van der Waals surface area (Å²) >= 11 is 6.01. The third-order valence-corrected chi connectivity index (χ3v) is 6.87. The number of halogens is 2. The molecule has 0 unspecified atom stereocenters. The maximum atomic E-state index is 15.0. The van der Waals surface area contributed by atoms with Gasteiger partial charge in [-0.1, -0.05) is 23.7 Å². The largest absolute Gasteiger partial charge is 0.427 e. The lowest BCUT2D eigenvalue weighted by Gasteiger charge is -2.39. The SMILES string of the molecule is CON1CCC2(CC1)NC(=O)C(c1cc(-c3ccc(Cl)cc3)c(F)cc1C)=C2OC(=O)C(C)(C)C. The number of rotatable bonds is 4. The lowest BCUT2D eigenvalue weighted by molar-refractivity contribution is -0.159. The van der Waals surface area contributed by atoms with Gasteiger partial charge in [-0.15, -0.1) is 0 Å². The summed E-state index contributed by atoms with van der Waals surface area (Å²) in [5.41, 5.74) is 0.704. The summed E-state index contributed by atoms with van der Waals surface area (Å²) in [7, 11) is 1.60. The van der Waals surface area contributed by atoms with Gasteiger partial charge in [0.2, 0.25) is 0 Å². The highest BCUT2D eigenvalue weighted by Crippen LogP contribution is 2.43. The van der Waals surface area contributed by atoms with Crippen molar-refractivity contribution in [2.45, 2.75) is 46.1 Å². The molecule has 0 aromatic heterocycles. The van der Waals surface area contributed by atoms with Crippen LogP contribution in [0.15, 0.2) is 42.2 Å². The second-order valence-corrected chi connectivity index (χ2v) is 10.6. The minimum absolute atomic E-state index is 0.265. The number of hydrogen-bond acceptors (Lipinski definition) is 5. The van der Waals surface area contributed by atoms with Crippen molar-refractivity contribution in [3.8, 4) is 11.1 Å². The summed E-state index contributed by atoms with van der Waals surface area (Å²) in [4.78, 5) is 31.8. The Bertz CT molecular complexity index is 1190. The first-order chi connectivity index (χ1) is 16.4. The molecule has 6 nitrogen and oxygen atoms in total. The Morgan fingerprint density at radius 3 is 2.31 bits per heavy atom. The van der Waals surface area contributed by atoms with Crippen LogP contribution in [0, 0.1) is 18.2 Å². The van der Waals surface area contributed by atoms with Crippen LogP contribution < -0.4 is 5.32 Å². The maximum Gasteiger partial charge on any atom is 0.316 e. The minimum Gasteiger partial charge on any atom is -0.427 e. The first-order valence-corrected chi connectivity index (χ1v) is 12.0.